The Morgan fingerprint density at radius 2 is 1.94 bits per heavy atom. The van der Waals surface area contributed by atoms with Gasteiger partial charge in [-0.1, -0.05) is 51.3 Å². The summed E-state index contributed by atoms with van der Waals surface area (Å²) in [5.74, 6) is -0.584. The summed E-state index contributed by atoms with van der Waals surface area (Å²) in [5, 5.41) is 15.6. The fraction of sp³-hybridized carbons (Fsp3) is 0.480. The van der Waals surface area contributed by atoms with Gasteiger partial charge < -0.3 is 10.4 Å². The summed E-state index contributed by atoms with van der Waals surface area (Å²) < 4.78 is 0. The lowest BCUT2D eigenvalue weighted by molar-refractivity contribution is -0.151. The van der Waals surface area contributed by atoms with Crippen LogP contribution < -0.4 is 5.32 Å². The number of anilines is 1. The van der Waals surface area contributed by atoms with Gasteiger partial charge in [-0.25, -0.2) is 4.98 Å². The van der Waals surface area contributed by atoms with Crippen molar-refractivity contribution in [2.45, 2.75) is 71.1 Å². The van der Waals surface area contributed by atoms with Crippen LogP contribution in [0.15, 0.2) is 29.6 Å². The van der Waals surface area contributed by atoms with Gasteiger partial charge in [0.05, 0.1) is 11.1 Å². The zero-order valence-electron chi connectivity index (χ0n) is 18.4. The molecule has 166 valence electrons. The van der Waals surface area contributed by atoms with E-state index in [1.807, 2.05) is 50.3 Å². The lowest BCUT2D eigenvalue weighted by Gasteiger charge is -2.25. The fourth-order valence-electron chi connectivity index (χ4n) is 4.24. The molecule has 1 saturated carbocycles. The summed E-state index contributed by atoms with van der Waals surface area (Å²) >= 11 is 1.67. The first-order chi connectivity index (χ1) is 15.0. The van der Waals surface area contributed by atoms with Crippen molar-refractivity contribution in [2.75, 3.05) is 5.32 Å². The third-order valence-electron chi connectivity index (χ3n) is 6.46. The van der Waals surface area contributed by atoms with Crippen LogP contribution in [0.25, 0.3) is 12.2 Å². The molecule has 0 bridgehead atoms. The summed E-state index contributed by atoms with van der Waals surface area (Å²) in [5.41, 5.74) is 1.84. The van der Waals surface area contributed by atoms with Crippen LogP contribution in [0.2, 0.25) is 0 Å². The van der Waals surface area contributed by atoms with E-state index in [-0.39, 0.29) is 12.3 Å². The maximum Gasteiger partial charge on any atom is 0.310 e. The molecule has 5 nitrogen and oxygen atoms in total. The monoisotopic (exact) mass is 440 g/mol. The van der Waals surface area contributed by atoms with Gasteiger partial charge in [-0.15, -0.1) is 11.3 Å². The standard InChI is InChI=1S/C25H32N2O3S/c1-3-25(4-2,24(29)30)16-22(28)26-20-12-8-9-18(15-20)13-14-23-27-21(17-31-23)19-10-6-5-7-11-19/h8-9,12-15,17,19H,3-7,10-11,16H2,1-2H3,(H,26,28)(H,29,30)/b14-13+. The maximum atomic E-state index is 12.5. The second kappa shape index (κ2) is 10.7. The number of rotatable bonds is 9. The molecule has 0 unspecified atom stereocenters. The highest BCUT2D eigenvalue weighted by molar-refractivity contribution is 7.10. The normalized spacial score (nSPS) is 15.3. The summed E-state index contributed by atoms with van der Waals surface area (Å²) in [6.07, 6.45) is 11.3. The number of carboxylic acid groups (broad SMARTS) is 1. The SMILES string of the molecule is CCC(CC)(CC(=O)Nc1cccc(/C=C/c2nc(C3CCCCC3)cs2)c1)C(=O)O. The van der Waals surface area contributed by atoms with E-state index in [1.165, 1.54) is 37.8 Å². The summed E-state index contributed by atoms with van der Waals surface area (Å²) in [7, 11) is 0. The van der Waals surface area contributed by atoms with Gasteiger partial charge in [0.2, 0.25) is 5.91 Å². The van der Waals surface area contributed by atoms with Crippen LogP contribution in [0.1, 0.15) is 87.4 Å². The number of thiazole rings is 1. The van der Waals surface area contributed by atoms with Crippen LogP contribution in [0.4, 0.5) is 5.69 Å². The molecule has 1 aromatic carbocycles. The Morgan fingerprint density at radius 1 is 1.19 bits per heavy atom. The molecular weight excluding hydrogens is 408 g/mol. The van der Waals surface area contributed by atoms with Crippen LogP contribution in [0.3, 0.4) is 0 Å². The average molecular weight is 441 g/mol. The largest absolute Gasteiger partial charge is 0.481 e. The summed E-state index contributed by atoms with van der Waals surface area (Å²) in [4.78, 5) is 28.9. The number of carboxylic acids is 1. The minimum atomic E-state index is -1.01. The Labute approximate surface area is 188 Å². The van der Waals surface area contributed by atoms with E-state index in [9.17, 15) is 14.7 Å². The summed E-state index contributed by atoms with van der Waals surface area (Å²) in [6.45, 7) is 3.63. The van der Waals surface area contributed by atoms with Gasteiger partial charge in [0.25, 0.3) is 0 Å². The predicted molar refractivity (Wildman–Crippen MR) is 127 cm³/mol. The molecule has 0 aliphatic heterocycles. The molecule has 0 saturated heterocycles. The molecule has 1 aliphatic carbocycles. The molecule has 1 fully saturated rings. The average Bonchev–Trinajstić information content (AvgIpc) is 3.26. The molecule has 2 N–H and O–H groups in total. The van der Waals surface area contributed by atoms with E-state index in [1.54, 1.807) is 11.3 Å². The van der Waals surface area contributed by atoms with Crippen LogP contribution in [0, 0.1) is 5.41 Å². The summed E-state index contributed by atoms with van der Waals surface area (Å²) in [6, 6.07) is 7.57. The van der Waals surface area contributed by atoms with Crippen LogP contribution in [-0.4, -0.2) is 22.0 Å². The molecular formula is C25H32N2O3S. The van der Waals surface area contributed by atoms with Crippen molar-refractivity contribution < 1.29 is 14.7 Å². The zero-order valence-corrected chi connectivity index (χ0v) is 19.2. The number of carbonyl (C=O) groups is 2. The molecule has 2 aromatic rings. The number of hydrogen-bond acceptors (Lipinski definition) is 4. The van der Waals surface area contributed by atoms with Crippen molar-refractivity contribution in [3.63, 3.8) is 0 Å². The third-order valence-corrected chi connectivity index (χ3v) is 7.29. The Morgan fingerprint density at radius 3 is 2.61 bits per heavy atom. The van der Waals surface area contributed by atoms with Crippen molar-refractivity contribution >= 4 is 41.1 Å². The van der Waals surface area contributed by atoms with Gasteiger partial charge in [0, 0.05) is 23.4 Å². The maximum absolute atomic E-state index is 12.5. The number of nitrogens with zero attached hydrogens (tertiary/aromatic N) is 1. The van der Waals surface area contributed by atoms with Crippen LogP contribution in [0.5, 0.6) is 0 Å². The molecule has 1 amide bonds. The Bertz CT molecular complexity index is 924. The van der Waals surface area contributed by atoms with Crippen LogP contribution in [-0.2, 0) is 9.59 Å². The minimum absolute atomic E-state index is 0.0293. The number of aliphatic carboxylic acids is 1. The predicted octanol–water partition coefficient (Wildman–Crippen LogP) is 6.58. The lowest BCUT2D eigenvalue weighted by atomic mass is 9.79. The second-order valence-corrected chi connectivity index (χ2v) is 9.31. The first-order valence-electron chi connectivity index (χ1n) is 11.2. The first-order valence-corrected chi connectivity index (χ1v) is 12.1. The van der Waals surface area contributed by atoms with Gasteiger partial charge in [-0.05, 0) is 49.5 Å². The molecule has 0 radical (unpaired) electrons. The number of carbonyl (C=O) groups excluding carboxylic acids is 1. The number of hydrogen-bond donors (Lipinski definition) is 2. The Kier molecular flexibility index (Phi) is 8.02. The Balaban J connectivity index is 1.63. The van der Waals surface area contributed by atoms with E-state index in [2.05, 4.69) is 10.7 Å². The van der Waals surface area contributed by atoms with Gasteiger partial charge in [-0.3, -0.25) is 9.59 Å². The number of benzene rings is 1. The highest BCUT2D eigenvalue weighted by Gasteiger charge is 2.37. The number of amides is 1. The van der Waals surface area contributed by atoms with E-state index < -0.39 is 11.4 Å². The molecule has 1 aliphatic rings. The van der Waals surface area contributed by atoms with Crippen LogP contribution >= 0.6 is 11.3 Å². The lowest BCUT2D eigenvalue weighted by Crippen LogP contribution is -2.34. The minimum Gasteiger partial charge on any atom is -0.481 e. The molecule has 31 heavy (non-hydrogen) atoms. The van der Waals surface area contributed by atoms with Gasteiger partial charge >= 0.3 is 5.97 Å². The Hall–Kier alpha value is -2.47. The molecule has 0 atom stereocenters. The van der Waals surface area contributed by atoms with Crippen molar-refractivity contribution in [3.05, 3.63) is 45.9 Å². The first kappa shape index (κ1) is 23.2. The van der Waals surface area contributed by atoms with Crippen molar-refractivity contribution in [1.82, 2.24) is 4.98 Å². The molecule has 1 aromatic heterocycles. The van der Waals surface area contributed by atoms with Gasteiger partial charge in [0.15, 0.2) is 0 Å². The molecule has 0 spiro atoms. The number of nitrogens with one attached hydrogen (secondary N) is 1. The van der Waals surface area contributed by atoms with Crippen molar-refractivity contribution in [1.29, 1.82) is 0 Å². The quantitative estimate of drug-likeness (QED) is 0.461. The smallest absolute Gasteiger partial charge is 0.310 e. The van der Waals surface area contributed by atoms with Crippen molar-refractivity contribution in [2.24, 2.45) is 5.41 Å². The topological polar surface area (TPSA) is 79.3 Å². The number of aromatic nitrogens is 1. The second-order valence-electron chi connectivity index (χ2n) is 8.42. The van der Waals surface area contributed by atoms with E-state index >= 15 is 0 Å². The van der Waals surface area contributed by atoms with E-state index in [0.29, 0.717) is 24.4 Å². The molecule has 1 heterocycles. The van der Waals surface area contributed by atoms with E-state index in [0.717, 1.165) is 10.6 Å². The zero-order chi connectivity index (χ0) is 22.3. The highest BCUT2D eigenvalue weighted by atomic mass is 32.1. The van der Waals surface area contributed by atoms with E-state index in [4.69, 9.17) is 4.98 Å². The molecule has 6 heteroatoms. The third kappa shape index (κ3) is 6.03. The van der Waals surface area contributed by atoms with Gasteiger partial charge in [-0.2, -0.15) is 0 Å². The highest BCUT2D eigenvalue weighted by Crippen LogP contribution is 2.33. The fourth-order valence-corrected chi connectivity index (χ4v) is 5.03. The van der Waals surface area contributed by atoms with Gasteiger partial charge in [0.1, 0.15) is 5.01 Å². The molecule has 3 rings (SSSR count). The van der Waals surface area contributed by atoms with Crippen molar-refractivity contribution in [3.8, 4) is 0 Å².